The van der Waals surface area contributed by atoms with Gasteiger partial charge in [0.2, 0.25) is 0 Å². The Morgan fingerprint density at radius 3 is 2.40 bits per heavy atom. The summed E-state index contributed by atoms with van der Waals surface area (Å²) >= 11 is 0. The first-order chi connectivity index (χ1) is 20.9. The topological polar surface area (TPSA) is 77.5 Å². The molecule has 2 heterocycles. The molecule has 43 heavy (non-hydrogen) atoms. The number of methoxy groups -OCH3 is 1. The summed E-state index contributed by atoms with van der Waals surface area (Å²) in [6, 6.07) is 25.5. The maximum atomic E-state index is 14.5. The third-order valence-electron chi connectivity index (χ3n) is 6.99. The Hall–Kier alpha value is -5.57. The van der Waals surface area contributed by atoms with Crippen molar-refractivity contribution in [3.8, 4) is 39.9 Å². The standard InChI is InChI=1S/C34H27F2N3O4/c1-39-15-14-27-29(20-38-33(27)34(39)40)28-18-23(7-13-31(28)43-32-12-6-22(35)17-30(32)36)37-19-21-4-3-5-26(16-21)42-25-10-8-24(41-2)9-11-25/h3-18,20,37-38H,19H2,1-2H3. The van der Waals surface area contributed by atoms with Crippen LogP contribution in [0.1, 0.15) is 5.56 Å². The molecule has 216 valence electrons. The van der Waals surface area contributed by atoms with E-state index in [-0.39, 0.29) is 11.3 Å². The van der Waals surface area contributed by atoms with Gasteiger partial charge >= 0.3 is 0 Å². The number of fused-ring (bicyclic) bond motifs is 1. The number of hydrogen-bond donors (Lipinski definition) is 2. The molecule has 0 saturated heterocycles. The lowest BCUT2D eigenvalue weighted by Gasteiger charge is -2.15. The lowest BCUT2D eigenvalue weighted by molar-refractivity contribution is 0.413. The highest BCUT2D eigenvalue weighted by Gasteiger charge is 2.17. The molecule has 0 aliphatic carbocycles. The number of rotatable bonds is 9. The van der Waals surface area contributed by atoms with Crippen LogP contribution in [-0.2, 0) is 13.6 Å². The molecule has 2 aromatic heterocycles. The SMILES string of the molecule is COc1ccc(Oc2cccc(CNc3ccc(Oc4ccc(F)cc4F)c(-c4c[nH]c5c(=O)n(C)ccc45)c3)c2)cc1. The monoisotopic (exact) mass is 579 g/mol. The maximum absolute atomic E-state index is 14.5. The molecular formula is C34H27F2N3O4. The average molecular weight is 580 g/mol. The molecular weight excluding hydrogens is 552 g/mol. The highest BCUT2D eigenvalue weighted by molar-refractivity contribution is 5.97. The Balaban J connectivity index is 1.29. The van der Waals surface area contributed by atoms with Gasteiger partial charge in [-0.3, -0.25) is 4.79 Å². The van der Waals surface area contributed by atoms with E-state index in [2.05, 4.69) is 10.3 Å². The first kappa shape index (κ1) is 27.6. The number of pyridine rings is 1. The molecule has 6 aromatic rings. The minimum absolute atomic E-state index is 0.118. The minimum atomic E-state index is -0.822. The van der Waals surface area contributed by atoms with Crippen LogP contribution in [-0.4, -0.2) is 16.7 Å². The Bertz CT molecular complexity index is 1980. The number of nitrogens with zero attached hydrogens (tertiary/aromatic N) is 1. The predicted octanol–water partition coefficient (Wildman–Crippen LogP) is 8.02. The lowest BCUT2D eigenvalue weighted by Crippen LogP contribution is -2.15. The number of H-pyrrole nitrogens is 1. The summed E-state index contributed by atoms with van der Waals surface area (Å²) in [5, 5.41) is 4.11. The van der Waals surface area contributed by atoms with Crippen LogP contribution in [0.5, 0.6) is 28.7 Å². The Morgan fingerprint density at radius 2 is 1.60 bits per heavy atom. The van der Waals surface area contributed by atoms with E-state index in [4.69, 9.17) is 14.2 Å². The van der Waals surface area contributed by atoms with E-state index >= 15 is 0 Å². The first-order valence-electron chi connectivity index (χ1n) is 13.5. The minimum Gasteiger partial charge on any atom is -0.497 e. The van der Waals surface area contributed by atoms with Crippen LogP contribution in [0, 0.1) is 11.6 Å². The Morgan fingerprint density at radius 1 is 0.814 bits per heavy atom. The van der Waals surface area contributed by atoms with Crippen molar-refractivity contribution in [3.05, 3.63) is 131 Å². The van der Waals surface area contributed by atoms with Crippen LogP contribution in [0.2, 0.25) is 0 Å². The number of ether oxygens (including phenoxy) is 3. The van der Waals surface area contributed by atoms with Gasteiger partial charge in [0.05, 0.1) is 7.11 Å². The fraction of sp³-hybridized carbons (Fsp3) is 0.0882. The second-order valence-corrected chi connectivity index (χ2v) is 9.89. The highest BCUT2D eigenvalue weighted by atomic mass is 19.1. The van der Waals surface area contributed by atoms with Crippen LogP contribution < -0.4 is 25.1 Å². The maximum Gasteiger partial charge on any atom is 0.274 e. The van der Waals surface area contributed by atoms with Crippen LogP contribution in [0.3, 0.4) is 0 Å². The van der Waals surface area contributed by atoms with Crippen LogP contribution in [0.4, 0.5) is 14.5 Å². The van der Waals surface area contributed by atoms with Crippen LogP contribution >= 0.6 is 0 Å². The van der Waals surface area contributed by atoms with Crippen molar-refractivity contribution in [1.82, 2.24) is 9.55 Å². The highest BCUT2D eigenvalue weighted by Crippen LogP contribution is 2.39. The predicted molar refractivity (Wildman–Crippen MR) is 162 cm³/mol. The van der Waals surface area contributed by atoms with E-state index in [9.17, 15) is 13.6 Å². The smallest absolute Gasteiger partial charge is 0.274 e. The largest absolute Gasteiger partial charge is 0.497 e. The number of hydrogen-bond acceptors (Lipinski definition) is 5. The quantitative estimate of drug-likeness (QED) is 0.181. The van der Waals surface area contributed by atoms with Gasteiger partial charge in [0.1, 0.15) is 34.3 Å². The van der Waals surface area contributed by atoms with Crippen LogP contribution in [0.25, 0.3) is 22.0 Å². The molecule has 6 rings (SSSR count). The van der Waals surface area contributed by atoms with Gasteiger partial charge in [-0.2, -0.15) is 0 Å². The van der Waals surface area contributed by atoms with Crippen molar-refractivity contribution in [2.75, 3.05) is 12.4 Å². The number of benzene rings is 4. The van der Waals surface area contributed by atoms with E-state index in [0.717, 1.165) is 29.1 Å². The molecule has 4 aromatic carbocycles. The first-order valence-corrected chi connectivity index (χ1v) is 13.5. The van der Waals surface area contributed by atoms with Gasteiger partial charge in [0, 0.05) is 54.3 Å². The Kier molecular flexibility index (Phi) is 7.53. The van der Waals surface area contributed by atoms with Crippen molar-refractivity contribution in [2.24, 2.45) is 7.05 Å². The molecule has 2 N–H and O–H groups in total. The van der Waals surface area contributed by atoms with Crippen molar-refractivity contribution in [3.63, 3.8) is 0 Å². The molecule has 0 saturated carbocycles. The number of aromatic nitrogens is 2. The van der Waals surface area contributed by atoms with Crippen LogP contribution in [0.15, 0.2) is 108 Å². The Labute approximate surface area is 245 Å². The third kappa shape index (κ3) is 5.92. The van der Waals surface area contributed by atoms with E-state index in [0.29, 0.717) is 45.8 Å². The molecule has 0 aliphatic rings. The number of halogens is 2. The summed E-state index contributed by atoms with van der Waals surface area (Å²) in [6.07, 6.45) is 3.41. The van der Waals surface area contributed by atoms with Gasteiger partial charge in [0.25, 0.3) is 5.56 Å². The zero-order valence-electron chi connectivity index (χ0n) is 23.4. The molecule has 0 radical (unpaired) electrons. The second-order valence-electron chi connectivity index (χ2n) is 9.89. The molecule has 0 atom stereocenters. The fourth-order valence-electron chi connectivity index (χ4n) is 4.76. The molecule has 0 amide bonds. The zero-order chi connectivity index (χ0) is 29.9. The van der Waals surface area contributed by atoms with Gasteiger partial charge in [0.15, 0.2) is 11.6 Å². The number of aromatic amines is 1. The zero-order valence-corrected chi connectivity index (χ0v) is 23.4. The summed E-state index contributed by atoms with van der Waals surface area (Å²) in [4.78, 5) is 15.8. The van der Waals surface area contributed by atoms with Gasteiger partial charge in [-0.15, -0.1) is 0 Å². The summed E-state index contributed by atoms with van der Waals surface area (Å²) < 4.78 is 46.7. The molecule has 7 nitrogen and oxygen atoms in total. The van der Waals surface area contributed by atoms with Crippen molar-refractivity contribution in [2.45, 2.75) is 6.54 Å². The third-order valence-corrected chi connectivity index (χ3v) is 6.99. The average Bonchev–Trinajstić information content (AvgIpc) is 3.45. The molecule has 0 aliphatic heterocycles. The molecule has 0 unspecified atom stereocenters. The summed E-state index contributed by atoms with van der Waals surface area (Å²) in [6.45, 7) is 0.487. The van der Waals surface area contributed by atoms with Gasteiger partial charge < -0.3 is 29.1 Å². The van der Waals surface area contributed by atoms with E-state index in [1.54, 1.807) is 32.6 Å². The van der Waals surface area contributed by atoms with E-state index < -0.39 is 11.6 Å². The molecule has 0 fully saturated rings. The van der Waals surface area contributed by atoms with E-state index in [1.807, 2.05) is 66.7 Å². The molecule has 0 bridgehead atoms. The molecule has 9 heteroatoms. The summed E-state index contributed by atoms with van der Waals surface area (Å²) in [5.74, 6) is 0.834. The van der Waals surface area contributed by atoms with Gasteiger partial charge in [-0.25, -0.2) is 8.78 Å². The molecule has 0 spiro atoms. The van der Waals surface area contributed by atoms with Gasteiger partial charge in [-0.05, 0) is 78.4 Å². The number of nitrogens with one attached hydrogen (secondary N) is 2. The van der Waals surface area contributed by atoms with E-state index in [1.165, 1.54) is 10.6 Å². The summed E-state index contributed by atoms with van der Waals surface area (Å²) in [5.41, 5.74) is 3.32. The number of anilines is 1. The van der Waals surface area contributed by atoms with Crippen molar-refractivity contribution in [1.29, 1.82) is 0 Å². The summed E-state index contributed by atoms with van der Waals surface area (Å²) in [7, 11) is 3.29. The van der Waals surface area contributed by atoms with Crippen molar-refractivity contribution >= 4 is 16.6 Å². The van der Waals surface area contributed by atoms with Gasteiger partial charge in [-0.1, -0.05) is 12.1 Å². The second kappa shape index (κ2) is 11.7. The van der Waals surface area contributed by atoms with Crippen molar-refractivity contribution < 1.29 is 23.0 Å². The fourth-order valence-corrected chi connectivity index (χ4v) is 4.76. The normalized spacial score (nSPS) is 11.0. The lowest BCUT2D eigenvalue weighted by atomic mass is 10.0. The number of aryl methyl sites for hydroxylation is 1.